The topological polar surface area (TPSA) is 8.17 Å². The number of aromatic nitrogens is 1. The van der Waals surface area contributed by atoms with Gasteiger partial charge in [-0.05, 0) is 64.5 Å². The molecule has 0 N–H and O–H groups in total. The number of hydrogen-bond acceptors (Lipinski definition) is 1. The van der Waals surface area contributed by atoms with Crippen molar-refractivity contribution < 1.29 is 0 Å². The Kier molecular flexibility index (Phi) is 4.79. The highest BCUT2D eigenvalue weighted by atomic mass is 15.1. The number of benzene rings is 6. The normalized spacial score (nSPS) is 14.1. The molecule has 0 bridgehead atoms. The van der Waals surface area contributed by atoms with Crippen molar-refractivity contribution >= 4 is 62.0 Å². The van der Waals surface area contributed by atoms with E-state index in [1.165, 1.54) is 55.0 Å². The van der Waals surface area contributed by atoms with Crippen molar-refractivity contribution in [2.45, 2.75) is 19.3 Å². The van der Waals surface area contributed by atoms with E-state index in [9.17, 15) is 0 Å². The third-order valence-electron chi connectivity index (χ3n) is 9.64. The van der Waals surface area contributed by atoms with Gasteiger partial charge in [-0.25, -0.2) is 0 Å². The second-order valence-corrected chi connectivity index (χ2v) is 12.2. The van der Waals surface area contributed by atoms with Crippen LogP contribution in [0.5, 0.6) is 0 Å². The van der Waals surface area contributed by atoms with Gasteiger partial charge in [-0.15, -0.1) is 0 Å². The average Bonchev–Trinajstić information content (AvgIpc) is 3.37. The lowest BCUT2D eigenvalue weighted by atomic mass is 9.30. The molecule has 3 heterocycles. The van der Waals surface area contributed by atoms with Crippen LogP contribution in [0, 0.1) is 0 Å². The highest BCUT2D eigenvalue weighted by Crippen LogP contribution is 2.43. The predicted molar refractivity (Wildman–Crippen MR) is 179 cm³/mol. The molecule has 9 rings (SSSR count). The second kappa shape index (κ2) is 8.50. The summed E-state index contributed by atoms with van der Waals surface area (Å²) in [5.74, 6) is 0. The van der Waals surface area contributed by atoms with Gasteiger partial charge in [0.1, 0.15) is 0 Å². The summed E-state index contributed by atoms with van der Waals surface area (Å²) in [7, 11) is 0. The van der Waals surface area contributed by atoms with E-state index >= 15 is 0 Å². The molecule has 2 aliphatic rings. The average molecular weight is 536 g/mol. The van der Waals surface area contributed by atoms with Gasteiger partial charge in [-0.2, -0.15) is 0 Å². The minimum atomic E-state index is -0.0766. The maximum atomic E-state index is 2.55. The fraction of sp³-hybridized carbons (Fsp3) is 0.0769. The molecule has 2 aliphatic heterocycles. The molecule has 3 heteroatoms. The SMILES string of the molecule is CC1(C)c2ccccc2B2c3ccccc3-n3c4cc(N(c5ccccc5)c5ccccc5)ccc4c4ccc1c2c43. The highest BCUT2D eigenvalue weighted by Gasteiger charge is 2.44. The molecule has 42 heavy (non-hydrogen) atoms. The molecular formula is C39H29BN2. The van der Waals surface area contributed by atoms with Crippen LogP contribution in [0.1, 0.15) is 25.0 Å². The molecule has 198 valence electrons. The Balaban J connectivity index is 1.39. The molecule has 2 nitrogen and oxygen atoms in total. The van der Waals surface area contributed by atoms with Gasteiger partial charge in [-0.1, -0.05) is 116 Å². The minimum Gasteiger partial charge on any atom is -0.310 e. The molecule has 0 saturated heterocycles. The zero-order chi connectivity index (χ0) is 28.0. The van der Waals surface area contributed by atoms with E-state index in [0.29, 0.717) is 0 Å². The summed E-state index contributed by atoms with van der Waals surface area (Å²) < 4.78 is 2.55. The van der Waals surface area contributed by atoms with Crippen molar-refractivity contribution in [3.8, 4) is 5.69 Å². The van der Waals surface area contributed by atoms with Gasteiger partial charge in [-0.3, -0.25) is 0 Å². The van der Waals surface area contributed by atoms with Crippen molar-refractivity contribution in [3.05, 3.63) is 151 Å². The number of rotatable bonds is 3. The smallest absolute Gasteiger partial charge is 0.247 e. The molecular weight excluding hydrogens is 507 g/mol. The number of fused-ring (bicyclic) bond motifs is 8. The van der Waals surface area contributed by atoms with Gasteiger partial charge in [0, 0.05) is 44.5 Å². The Hall–Kier alpha value is -5.02. The van der Waals surface area contributed by atoms with Crippen LogP contribution < -0.4 is 21.3 Å². The van der Waals surface area contributed by atoms with Crippen LogP contribution in [0.25, 0.3) is 27.5 Å². The zero-order valence-corrected chi connectivity index (χ0v) is 23.8. The minimum absolute atomic E-state index is 0.0766. The first kappa shape index (κ1) is 23.7. The monoisotopic (exact) mass is 536 g/mol. The van der Waals surface area contributed by atoms with Gasteiger partial charge in [0.25, 0.3) is 0 Å². The Morgan fingerprint density at radius 1 is 0.548 bits per heavy atom. The maximum absolute atomic E-state index is 2.55. The van der Waals surface area contributed by atoms with Gasteiger partial charge >= 0.3 is 0 Å². The Morgan fingerprint density at radius 2 is 1.17 bits per heavy atom. The van der Waals surface area contributed by atoms with Gasteiger partial charge < -0.3 is 9.47 Å². The lowest BCUT2D eigenvalue weighted by Crippen LogP contribution is -2.63. The van der Waals surface area contributed by atoms with Crippen molar-refractivity contribution in [3.63, 3.8) is 0 Å². The van der Waals surface area contributed by atoms with Crippen LogP contribution in [0.15, 0.2) is 140 Å². The molecule has 0 saturated carbocycles. The summed E-state index contributed by atoms with van der Waals surface area (Å²) in [6, 6.07) is 51.3. The fourth-order valence-corrected chi connectivity index (χ4v) is 7.82. The Labute approximate surface area is 246 Å². The molecule has 7 aromatic rings. The van der Waals surface area contributed by atoms with Crippen LogP contribution >= 0.6 is 0 Å². The zero-order valence-electron chi connectivity index (χ0n) is 23.8. The molecule has 0 spiro atoms. The van der Waals surface area contributed by atoms with Gasteiger partial charge in [0.2, 0.25) is 6.71 Å². The fourth-order valence-electron chi connectivity index (χ4n) is 7.82. The van der Waals surface area contributed by atoms with Gasteiger partial charge in [0.15, 0.2) is 0 Å². The first-order valence-electron chi connectivity index (χ1n) is 14.8. The third-order valence-corrected chi connectivity index (χ3v) is 9.64. The van der Waals surface area contributed by atoms with E-state index in [1.54, 1.807) is 0 Å². The second-order valence-electron chi connectivity index (χ2n) is 12.2. The van der Waals surface area contributed by atoms with E-state index in [0.717, 1.165) is 17.1 Å². The van der Waals surface area contributed by atoms with Crippen molar-refractivity contribution in [1.82, 2.24) is 4.57 Å². The van der Waals surface area contributed by atoms with Crippen molar-refractivity contribution in [2.75, 3.05) is 4.90 Å². The molecule has 0 atom stereocenters. The molecule has 0 fully saturated rings. The molecule has 0 radical (unpaired) electrons. The van der Waals surface area contributed by atoms with E-state index in [2.05, 4.69) is 163 Å². The maximum Gasteiger partial charge on any atom is 0.247 e. The first-order valence-corrected chi connectivity index (χ1v) is 14.8. The molecule has 1 aromatic heterocycles. The standard InChI is InChI=1S/C39H29BN2/c1-39(2)31-17-9-10-18-33(31)40-34-19-11-12-20-35(34)42-36-25-28(21-22-29(36)30-23-24-32(39)37(40)38(30)42)41(26-13-5-3-6-14-26)27-15-7-4-8-16-27/h3-25H,1-2H3. The molecule has 0 aliphatic carbocycles. The summed E-state index contributed by atoms with van der Waals surface area (Å²) in [6.45, 7) is 5.01. The van der Waals surface area contributed by atoms with Crippen LogP contribution in [0.2, 0.25) is 0 Å². The lowest BCUT2D eigenvalue weighted by Gasteiger charge is -2.41. The molecule has 0 unspecified atom stereocenters. The predicted octanol–water partition coefficient (Wildman–Crippen LogP) is 7.72. The van der Waals surface area contributed by atoms with Crippen LogP contribution in [0.3, 0.4) is 0 Å². The van der Waals surface area contributed by atoms with Crippen LogP contribution in [-0.4, -0.2) is 11.3 Å². The highest BCUT2D eigenvalue weighted by molar-refractivity contribution is 6.99. The quantitative estimate of drug-likeness (QED) is 0.210. The summed E-state index contributed by atoms with van der Waals surface area (Å²) >= 11 is 0. The first-order chi connectivity index (χ1) is 20.6. The van der Waals surface area contributed by atoms with E-state index < -0.39 is 0 Å². The number of anilines is 3. The number of para-hydroxylation sites is 3. The Morgan fingerprint density at radius 3 is 1.90 bits per heavy atom. The van der Waals surface area contributed by atoms with E-state index in [4.69, 9.17) is 0 Å². The summed E-state index contributed by atoms with van der Waals surface area (Å²) in [5, 5.41) is 2.63. The number of nitrogens with zero attached hydrogens (tertiary/aromatic N) is 2. The molecule has 6 aromatic carbocycles. The van der Waals surface area contributed by atoms with E-state index in [1.807, 2.05) is 0 Å². The number of hydrogen-bond donors (Lipinski definition) is 0. The summed E-state index contributed by atoms with van der Waals surface area (Å²) in [5.41, 5.74) is 14.4. The lowest BCUT2D eigenvalue weighted by molar-refractivity contribution is 0.646. The van der Waals surface area contributed by atoms with Crippen molar-refractivity contribution in [1.29, 1.82) is 0 Å². The van der Waals surface area contributed by atoms with Crippen LogP contribution in [-0.2, 0) is 5.41 Å². The van der Waals surface area contributed by atoms with Crippen molar-refractivity contribution in [2.24, 2.45) is 0 Å². The largest absolute Gasteiger partial charge is 0.310 e. The van der Waals surface area contributed by atoms with Gasteiger partial charge in [0.05, 0.1) is 5.52 Å². The Bertz CT molecular complexity index is 2140. The summed E-state index contributed by atoms with van der Waals surface area (Å²) in [6.07, 6.45) is 0. The van der Waals surface area contributed by atoms with E-state index in [-0.39, 0.29) is 12.1 Å². The third kappa shape index (κ3) is 3.06. The summed E-state index contributed by atoms with van der Waals surface area (Å²) in [4.78, 5) is 2.36. The molecule has 0 amide bonds. The van der Waals surface area contributed by atoms with Crippen LogP contribution in [0.4, 0.5) is 17.1 Å².